The zero-order valence-electron chi connectivity index (χ0n) is 12.9. The van der Waals surface area contributed by atoms with E-state index in [0.29, 0.717) is 11.0 Å². The second kappa shape index (κ2) is 4.45. The first-order valence-electron chi connectivity index (χ1n) is 6.75. The second-order valence-electron chi connectivity index (χ2n) is 6.81. The van der Waals surface area contributed by atoms with Crippen LogP contribution in [-0.4, -0.2) is 28.4 Å². The number of H-pyrrole nitrogens is 1. The molecule has 5 nitrogen and oxygen atoms in total. The summed E-state index contributed by atoms with van der Waals surface area (Å²) in [5.41, 5.74) is -1.16. The first-order valence-corrected chi connectivity index (χ1v) is 6.75. The van der Waals surface area contributed by atoms with Gasteiger partial charge < -0.3 is 19.4 Å². The number of aromatic amines is 1. The molecule has 0 atom stereocenters. The van der Waals surface area contributed by atoms with Crippen molar-refractivity contribution in [2.45, 2.75) is 58.3 Å². The molecule has 6 heteroatoms. The van der Waals surface area contributed by atoms with Gasteiger partial charge in [0.25, 0.3) is 0 Å². The van der Waals surface area contributed by atoms with Gasteiger partial charge in [-0.05, 0) is 52.6 Å². The number of aromatic nitrogens is 1. The summed E-state index contributed by atoms with van der Waals surface area (Å²) in [4.78, 5) is 14.2. The van der Waals surface area contributed by atoms with Crippen molar-refractivity contribution in [1.29, 1.82) is 0 Å². The van der Waals surface area contributed by atoms with Crippen molar-refractivity contribution >= 4 is 12.6 Å². The Morgan fingerprint density at radius 3 is 2.15 bits per heavy atom. The van der Waals surface area contributed by atoms with Crippen LogP contribution in [0.3, 0.4) is 0 Å². The number of pyridine rings is 1. The molecule has 1 aliphatic heterocycles. The molecule has 0 aliphatic carbocycles. The van der Waals surface area contributed by atoms with Gasteiger partial charge in [0, 0.05) is 12.3 Å². The highest BCUT2D eigenvalue weighted by atomic mass is 16.7. The van der Waals surface area contributed by atoms with E-state index >= 15 is 0 Å². The van der Waals surface area contributed by atoms with Crippen LogP contribution < -0.4 is 11.0 Å². The van der Waals surface area contributed by atoms with E-state index in [-0.39, 0.29) is 5.56 Å². The molecule has 0 aromatic carbocycles. The van der Waals surface area contributed by atoms with Crippen molar-refractivity contribution in [1.82, 2.24) is 4.98 Å². The van der Waals surface area contributed by atoms with E-state index in [9.17, 15) is 9.90 Å². The van der Waals surface area contributed by atoms with Gasteiger partial charge in [0.05, 0.1) is 16.8 Å². The lowest BCUT2D eigenvalue weighted by atomic mass is 9.73. The summed E-state index contributed by atoms with van der Waals surface area (Å²) in [5, 5.41) is 10.2. The zero-order chi connectivity index (χ0) is 15.3. The van der Waals surface area contributed by atoms with E-state index in [4.69, 9.17) is 9.31 Å². The summed E-state index contributed by atoms with van der Waals surface area (Å²) >= 11 is 0. The van der Waals surface area contributed by atoms with Crippen molar-refractivity contribution in [3.8, 4) is 0 Å². The molecule has 0 bridgehead atoms. The predicted molar refractivity (Wildman–Crippen MR) is 78.0 cm³/mol. The van der Waals surface area contributed by atoms with Crippen LogP contribution >= 0.6 is 0 Å². The van der Waals surface area contributed by atoms with Crippen molar-refractivity contribution in [2.24, 2.45) is 0 Å². The average molecular weight is 279 g/mol. The maximum absolute atomic E-state index is 11.6. The summed E-state index contributed by atoms with van der Waals surface area (Å²) in [7, 11) is -0.663. The minimum atomic E-state index is -1.09. The number of nitrogens with one attached hydrogen (secondary N) is 1. The van der Waals surface area contributed by atoms with Crippen LogP contribution in [0, 0.1) is 0 Å². The molecular weight excluding hydrogens is 257 g/mol. The Labute approximate surface area is 119 Å². The fraction of sp³-hybridized carbons (Fsp3) is 0.643. The predicted octanol–water partition coefficient (Wildman–Crippen LogP) is 0.901. The molecule has 1 aliphatic rings. The summed E-state index contributed by atoms with van der Waals surface area (Å²) in [5.74, 6) is 0. The molecule has 1 aromatic heterocycles. The third-order valence-electron chi connectivity index (χ3n) is 4.12. The second-order valence-corrected chi connectivity index (χ2v) is 6.81. The van der Waals surface area contributed by atoms with Crippen molar-refractivity contribution in [3.05, 3.63) is 28.2 Å². The van der Waals surface area contributed by atoms with Crippen LogP contribution in [0.2, 0.25) is 0 Å². The van der Waals surface area contributed by atoms with Crippen molar-refractivity contribution in [3.63, 3.8) is 0 Å². The maximum atomic E-state index is 11.6. The lowest BCUT2D eigenvalue weighted by Gasteiger charge is -2.32. The highest BCUT2D eigenvalue weighted by Crippen LogP contribution is 2.37. The number of hydrogen-bond acceptors (Lipinski definition) is 4. The van der Waals surface area contributed by atoms with Crippen LogP contribution in [0.5, 0.6) is 0 Å². The van der Waals surface area contributed by atoms with Gasteiger partial charge in [-0.3, -0.25) is 4.79 Å². The molecule has 0 spiro atoms. The van der Waals surface area contributed by atoms with Gasteiger partial charge in [0.2, 0.25) is 5.56 Å². The first-order chi connectivity index (χ1) is 8.94. The van der Waals surface area contributed by atoms with Gasteiger partial charge in [-0.25, -0.2) is 0 Å². The Kier molecular flexibility index (Phi) is 3.40. The molecule has 0 unspecified atom stereocenters. The molecule has 2 rings (SSSR count). The normalized spacial score (nSPS) is 21.2. The summed E-state index contributed by atoms with van der Waals surface area (Å²) < 4.78 is 11.9. The number of rotatable bonds is 2. The Balaban J connectivity index is 2.50. The number of aliphatic hydroxyl groups is 1. The third-order valence-corrected chi connectivity index (χ3v) is 4.12. The molecule has 20 heavy (non-hydrogen) atoms. The summed E-state index contributed by atoms with van der Waals surface area (Å²) in [6.07, 6.45) is 1.52. The van der Waals surface area contributed by atoms with Gasteiger partial charge in [-0.15, -0.1) is 0 Å². The smallest absolute Gasteiger partial charge is 0.399 e. The maximum Gasteiger partial charge on any atom is 0.495 e. The molecule has 2 N–H and O–H groups in total. The minimum Gasteiger partial charge on any atom is -0.399 e. The van der Waals surface area contributed by atoms with Crippen molar-refractivity contribution < 1.29 is 14.4 Å². The highest BCUT2D eigenvalue weighted by Gasteiger charge is 2.52. The Bertz CT molecular complexity index is 555. The van der Waals surface area contributed by atoms with E-state index in [2.05, 4.69) is 4.98 Å². The van der Waals surface area contributed by atoms with Crippen LogP contribution in [-0.2, 0) is 14.9 Å². The van der Waals surface area contributed by atoms with Gasteiger partial charge in [0.1, 0.15) is 0 Å². The van der Waals surface area contributed by atoms with Crippen LogP contribution in [0.4, 0.5) is 0 Å². The summed E-state index contributed by atoms with van der Waals surface area (Å²) in [6, 6.07) is 1.43. The van der Waals surface area contributed by atoms with E-state index in [1.54, 1.807) is 13.8 Å². The Morgan fingerprint density at radius 2 is 1.70 bits per heavy atom. The lowest BCUT2D eigenvalue weighted by molar-refractivity contribution is 0.00578. The van der Waals surface area contributed by atoms with E-state index in [1.807, 2.05) is 27.7 Å². The molecule has 1 saturated heterocycles. The van der Waals surface area contributed by atoms with Gasteiger partial charge >= 0.3 is 7.12 Å². The van der Waals surface area contributed by atoms with Crippen molar-refractivity contribution in [2.75, 3.05) is 0 Å². The summed E-state index contributed by atoms with van der Waals surface area (Å²) in [6.45, 7) is 11.1. The fourth-order valence-corrected chi connectivity index (χ4v) is 2.18. The van der Waals surface area contributed by atoms with Crippen LogP contribution in [0.15, 0.2) is 17.1 Å². The molecule has 0 saturated carbocycles. The topological polar surface area (TPSA) is 71.5 Å². The van der Waals surface area contributed by atoms with Gasteiger partial charge in [-0.1, -0.05) is 0 Å². The van der Waals surface area contributed by atoms with Gasteiger partial charge in [0.15, 0.2) is 0 Å². The Morgan fingerprint density at radius 1 is 1.20 bits per heavy atom. The molecule has 2 heterocycles. The number of hydrogen-bond donors (Lipinski definition) is 2. The SMILES string of the molecule is CC(C)(O)c1c[nH]c(=O)cc1B1OC(C)(C)C(C)(C)O1. The molecule has 0 amide bonds. The monoisotopic (exact) mass is 279 g/mol. The lowest BCUT2D eigenvalue weighted by Crippen LogP contribution is -2.42. The highest BCUT2D eigenvalue weighted by molar-refractivity contribution is 6.62. The molecule has 0 radical (unpaired) electrons. The standard InChI is InChI=1S/C14H22BNO4/c1-12(2,18)9-8-16-11(17)7-10(9)15-19-13(3,4)14(5,6)20-15/h7-8,18H,1-6H3,(H,16,17). The molecule has 1 fully saturated rings. The Hall–Kier alpha value is -1.11. The first kappa shape index (κ1) is 15.3. The van der Waals surface area contributed by atoms with Crippen LogP contribution in [0.25, 0.3) is 0 Å². The third kappa shape index (κ3) is 2.55. The molecule has 1 aromatic rings. The van der Waals surface area contributed by atoms with E-state index in [1.165, 1.54) is 12.3 Å². The average Bonchev–Trinajstić information content (AvgIpc) is 2.46. The van der Waals surface area contributed by atoms with E-state index < -0.39 is 23.9 Å². The van der Waals surface area contributed by atoms with Gasteiger partial charge in [-0.2, -0.15) is 0 Å². The molecule has 110 valence electrons. The fourth-order valence-electron chi connectivity index (χ4n) is 2.18. The zero-order valence-corrected chi connectivity index (χ0v) is 12.9. The molecular formula is C14H22BNO4. The largest absolute Gasteiger partial charge is 0.495 e. The van der Waals surface area contributed by atoms with Crippen LogP contribution in [0.1, 0.15) is 47.1 Å². The minimum absolute atomic E-state index is 0.247. The quantitative estimate of drug-likeness (QED) is 0.789. The van der Waals surface area contributed by atoms with E-state index in [0.717, 1.165) is 0 Å².